The number of hydrogen-bond donors (Lipinski definition) is 4. The first-order chi connectivity index (χ1) is 19.7. The fourth-order valence-electron chi connectivity index (χ4n) is 5.84. The maximum atomic E-state index is 13.5. The summed E-state index contributed by atoms with van der Waals surface area (Å²) in [6.07, 6.45) is 3.40. The Morgan fingerprint density at radius 3 is 2.51 bits per heavy atom. The van der Waals surface area contributed by atoms with Gasteiger partial charge in [-0.2, -0.15) is 5.21 Å². The molecule has 1 saturated carbocycles. The summed E-state index contributed by atoms with van der Waals surface area (Å²) in [5.41, 5.74) is 1.42. The Labute approximate surface area is 237 Å². The number of carbonyl (C=O) groups excluding carboxylic acids is 4. The van der Waals surface area contributed by atoms with Crippen molar-refractivity contribution in [1.29, 1.82) is 0 Å². The molecule has 13 nitrogen and oxygen atoms in total. The summed E-state index contributed by atoms with van der Waals surface area (Å²) >= 11 is 0. The van der Waals surface area contributed by atoms with E-state index >= 15 is 0 Å². The lowest BCUT2D eigenvalue weighted by molar-refractivity contribution is -0.149. The Balaban J connectivity index is 1.42. The number of aliphatic carboxylic acids is 1. The molecule has 4 N–H and O–H groups in total. The van der Waals surface area contributed by atoms with E-state index in [9.17, 15) is 29.1 Å². The number of H-pyrrole nitrogens is 1. The third-order valence-corrected chi connectivity index (χ3v) is 8.36. The van der Waals surface area contributed by atoms with Crippen molar-refractivity contribution in [3.63, 3.8) is 0 Å². The predicted octanol–water partition coefficient (Wildman–Crippen LogP) is 1.40. The van der Waals surface area contributed by atoms with Crippen LogP contribution in [0.3, 0.4) is 0 Å². The lowest BCUT2D eigenvalue weighted by Gasteiger charge is -2.30. The topological polar surface area (TPSA) is 187 Å². The minimum absolute atomic E-state index is 0.0370. The first-order valence-electron chi connectivity index (χ1n) is 14.1. The molecule has 4 rings (SSSR count). The zero-order valence-corrected chi connectivity index (χ0v) is 23.3. The van der Waals surface area contributed by atoms with Gasteiger partial charge in [0.25, 0.3) is 0 Å². The highest BCUT2D eigenvalue weighted by molar-refractivity contribution is 6.05. The molecular weight excluding hydrogens is 530 g/mol. The van der Waals surface area contributed by atoms with E-state index in [0.717, 1.165) is 18.4 Å². The number of nitrogens with one attached hydrogen (secondary N) is 3. The number of Topliss-reactive ketones (excluding diaryl/α,β-unsaturated/α-hetero) is 1. The van der Waals surface area contributed by atoms with E-state index in [2.05, 4.69) is 31.3 Å². The van der Waals surface area contributed by atoms with Gasteiger partial charge in [-0.15, -0.1) is 10.2 Å². The van der Waals surface area contributed by atoms with E-state index in [-0.39, 0.29) is 31.2 Å². The zero-order chi connectivity index (χ0) is 29.5. The number of fused-ring (bicyclic) bond motifs is 1. The van der Waals surface area contributed by atoms with Gasteiger partial charge in [0.2, 0.25) is 17.7 Å². The molecule has 1 aromatic heterocycles. The van der Waals surface area contributed by atoms with Crippen LogP contribution in [0.4, 0.5) is 5.69 Å². The maximum absolute atomic E-state index is 13.5. The number of rotatable bonds is 12. The minimum atomic E-state index is -0.972. The Morgan fingerprint density at radius 1 is 1.10 bits per heavy atom. The van der Waals surface area contributed by atoms with Crippen molar-refractivity contribution in [3.05, 3.63) is 35.7 Å². The van der Waals surface area contributed by atoms with Gasteiger partial charge >= 0.3 is 5.97 Å². The number of tetrazole rings is 1. The number of aromatic nitrogens is 4. The highest BCUT2D eigenvalue weighted by atomic mass is 16.4. The summed E-state index contributed by atoms with van der Waals surface area (Å²) in [6.45, 7) is 3.47. The van der Waals surface area contributed by atoms with Crippen molar-refractivity contribution < 1.29 is 29.1 Å². The molecule has 1 aliphatic carbocycles. The summed E-state index contributed by atoms with van der Waals surface area (Å²) in [6, 6.07) is 6.39. The average Bonchev–Trinajstić information content (AvgIpc) is 3.65. The van der Waals surface area contributed by atoms with Crippen molar-refractivity contribution >= 4 is 35.2 Å². The number of hydrogen-bond acceptors (Lipinski definition) is 8. The number of anilines is 1. The molecule has 0 bridgehead atoms. The number of carboxylic acid groups (broad SMARTS) is 1. The van der Waals surface area contributed by atoms with Crippen LogP contribution in [0.5, 0.6) is 0 Å². The van der Waals surface area contributed by atoms with E-state index < -0.39 is 47.5 Å². The molecule has 0 spiro atoms. The van der Waals surface area contributed by atoms with Gasteiger partial charge in [0, 0.05) is 30.4 Å². The monoisotopic (exact) mass is 567 g/mol. The molecule has 220 valence electrons. The van der Waals surface area contributed by atoms with Gasteiger partial charge in [-0.3, -0.25) is 28.9 Å². The van der Waals surface area contributed by atoms with Gasteiger partial charge in [0.1, 0.15) is 11.8 Å². The molecule has 0 saturated heterocycles. The van der Waals surface area contributed by atoms with Gasteiger partial charge in [-0.05, 0) is 30.4 Å². The molecule has 2 heterocycles. The molecule has 1 aliphatic heterocycles. The van der Waals surface area contributed by atoms with Crippen molar-refractivity contribution in [2.45, 2.75) is 71.4 Å². The molecule has 1 fully saturated rings. The minimum Gasteiger partial charge on any atom is -0.481 e. The van der Waals surface area contributed by atoms with Crippen LogP contribution in [0.15, 0.2) is 24.3 Å². The second-order valence-corrected chi connectivity index (χ2v) is 10.9. The van der Waals surface area contributed by atoms with Gasteiger partial charge in [0.05, 0.1) is 19.0 Å². The SMILES string of the molecule is CC[C@H](C)[C@H](CC(=O)C1CCCCC1C(=O)O)C(=O)NCC(=O)N1c2ccccc2C[C@H]1C(=O)NCc1nn[nH]n1. The number of amides is 3. The fourth-order valence-corrected chi connectivity index (χ4v) is 5.84. The lowest BCUT2D eigenvalue weighted by atomic mass is 9.74. The molecular formula is C28H37N7O6. The highest BCUT2D eigenvalue weighted by Crippen LogP contribution is 2.34. The van der Waals surface area contributed by atoms with Crippen LogP contribution in [0, 0.1) is 23.7 Å². The zero-order valence-electron chi connectivity index (χ0n) is 23.3. The van der Waals surface area contributed by atoms with Crippen LogP contribution in [0.1, 0.15) is 63.8 Å². The number of benzene rings is 1. The first kappa shape index (κ1) is 29.8. The second-order valence-electron chi connectivity index (χ2n) is 10.9. The summed E-state index contributed by atoms with van der Waals surface area (Å²) in [7, 11) is 0. The van der Waals surface area contributed by atoms with Crippen molar-refractivity contribution in [2.24, 2.45) is 23.7 Å². The largest absolute Gasteiger partial charge is 0.481 e. The summed E-state index contributed by atoms with van der Waals surface area (Å²) in [4.78, 5) is 66.2. The van der Waals surface area contributed by atoms with E-state index in [1.807, 2.05) is 26.0 Å². The van der Waals surface area contributed by atoms with E-state index in [4.69, 9.17) is 0 Å². The molecule has 41 heavy (non-hydrogen) atoms. The van der Waals surface area contributed by atoms with Crippen LogP contribution in [0.2, 0.25) is 0 Å². The van der Waals surface area contributed by atoms with Crippen LogP contribution in [-0.4, -0.2) is 67.8 Å². The summed E-state index contributed by atoms with van der Waals surface area (Å²) in [5.74, 6) is -4.36. The summed E-state index contributed by atoms with van der Waals surface area (Å²) in [5, 5.41) is 28.4. The van der Waals surface area contributed by atoms with Gasteiger partial charge in [-0.25, -0.2) is 0 Å². The Hall–Kier alpha value is -4.16. The maximum Gasteiger partial charge on any atom is 0.307 e. The lowest BCUT2D eigenvalue weighted by Crippen LogP contribution is -2.51. The van der Waals surface area contributed by atoms with Crippen LogP contribution in [0.25, 0.3) is 0 Å². The molecule has 1 aromatic carbocycles. The molecule has 2 aliphatic rings. The van der Waals surface area contributed by atoms with Crippen LogP contribution in [-0.2, 0) is 36.9 Å². The highest BCUT2D eigenvalue weighted by Gasteiger charge is 2.40. The van der Waals surface area contributed by atoms with E-state index in [0.29, 0.717) is 37.2 Å². The number of carbonyl (C=O) groups is 5. The van der Waals surface area contributed by atoms with E-state index in [1.165, 1.54) is 4.90 Å². The molecule has 3 amide bonds. The number of carboxylic acids is 1. The quantitative estimate of drug-likeness (QED) is 0.294. The smallest absolute Gasteiger partial charge is 0.307 e. The number of aromatic amines is 1. The number of nitrogens with zero attached hydrogens (tertiary/aromatic N) is 4. The Kier molecular flexibility index (Phi) is 9.79. The number of ketones is 1. The molecule has 13 heteroatoms. The van der Waals surface area contributed by atoms with E-state index in [1.54, 1.807) is 12.1 Å². The van der Waals surface area contributed by atoms with Crippen LogP contribution >= 0.6 is 0 Å². The molecule has 2 aromatic rings. The molecule has 5 atom stereocenters. The average molecular weight is 568 g/mol. The van der Waals surface area contributed by atoms with Gasteiger partial charge < -0.3 is 15.7 Å². The van der Waals surface area contributed by atoms with Crippen molar-refractivity contribution in [1.82, 2.24) is 31.3 Å². The first-order valence-corrected chi connectivity index (χ1v) is 14.1. The van der Waals surface area contributed by atoms with Crippen LogP contribution < -0.4 is 15.5 Å². The van der Waals surface area contributed by atoms with Gasteiger partial charge in [-0.1, -0.05) is 56.5 Å². The van der Waals surface area contributed by atoms with Gasteiger partial charge in [0.15, 0.2) is 5.82 Å². The third-order valence-electron chi connectivity index (χ3n) is 8.36. The Bertz CT molecular complexity index is 1270. The second kappa shape index (κ2) is 13.5. The predicted molar refractivity (Wildman–Crippen MR) is 146 cm³/mol. The Morgan fingerprint density at radius 2 is 1.83 bits per heavy atom. The van der Waals surface area contributed by atoms with Crippen molar-refractivity contribution in [2.75, 3.05) is 11.4 Å². The molecule has 0 radical (unpaired) electrons. The fraction of sp³-hybridized carbons (Fsp3) is 0.571. The summed E-state index contributed by atoms with van der Waals surface area (Å²) < 4.78 is 0. The normalized spacial score (nSPS) is 21.4. The number of para-hydroxylation sites is 1. The standard InChI is InChI=1S/C28H37N7O6/c1-3-16(2)20(13-23(36)18-9-5-6-10-19(18)28(40)41)26(38)30-15-25(37)35-21-11-7-4-8-17(21)12-22(35)27(39)29-14-24-31-33-34-32-24/h4,7-8,11,16,18-20,22H,3,5-6,9-10,12-15H2,1-2H3,(H,29,39)(H,30,38)(H,40,41)(H,31,32,33,34)/t16-,18?,19?,20-,22-/m0/s1. The van der Waals surface area contributed by atoms with Crippen molar-refractivity contribution in [3.8, 4) is 0 Å². The third kappa shape index (κ3) is 6.95. The molecule has 2 unspecified atom stereocenters.